The fraction of sp³-hybridized carbons (Fsp3) is 0. The van der Waals surface area contributed by atoms with E-state index in [1.165, 1.54) is 11.1 Å². The Morgan fingerprint density at radius 3 is 2.08 bits per heavy atom. The molecule has 0 bridgehead atoms. The Morgan fingerprint density at radius 1 is 1.42 bits per heavy atom. The van der Waals surface area contributed by atoms with Crippen molar-refractivity contribution < 1.29 is 14.3 Å². The standard InChI is InChI=1S/C6H4.C3H3FO2/c1-2-5-4-6(5)3-1;4-2-1-3(5)6/h1-4H;1-2H,(H,5,6). The van der Waals surface area contributed by atoms with Crippen molar-refractivity contribution in [2.75, 3.05) is 0 Å². The lowest BCUT2D eigenvalue weighted by Gasteiger charge is -1.66. The largest absolute Gasteiger partial charge is 0.478 e. The van der Waals surface area contributed by atoms with Crippen LogP contribution in [0.15, 0.2) is 36.7 Å². The molecule has 2 nitrogen and oxygen atoms in total. The summed E-state index contributed by atoms with van der Waals surface area (Å²) in [6, 6.07) is 8.48. The van der Waals surface area contributed by atoms with Gasteiger partial charge in [0.15, 0.2) is 0 Å². The maximum Gasteiger partial charge on any atom is 0.330 e. The molecule has 3 heteroatoms. The summed E-state index contributed by atoms with van der Waals surface area (Å²) in [6.07, 6.45) is 0.391. The van der Waals surface area contributed by atoms with E-state index in [0.29, 0.717) is 6.08 Å². The van der Waals surface area contributed by atoms with Gasteiger partial charge in [-0.25, -0.2) is 9.18 Å². The molecule has 12 heavy (non-hydrogen) atoms. The van der Waals surface area contributed by atoms with E-state index in [2.05, 4.69) is 24.3 Å². The van der Waals surface area contributed by atoms with Gasteiger partial charge in [-0.05, 0) is 17.2 Å². The van der Waals surface area contributed by atoms with E-state index < -0.39 is 5.97 Å². The molecule has 0 fully saturated rings. The number of hydrogen-bond acceptors (Lipinski definition) is 1. The van der Waals surface area contributed by atoms with Gasteiger partial charge in [0.2, 0.25) is 0 Å². The lowest BCUT2D eigenvalue weighted by atomic mass is 10.6. The van der Waals surface area contributed by atoms with Gasteiger partial charge in [0.05, 0.1) is 12.4 Å². The van der Waals surface area contributed by atoms with Crippen molar-refractivity contribution in [1.82, 2.24) is 0 Å². The fourth-order valence-electron chi connectivity index (χ4n) is 0.729. The summed E-state index contributed by atoms with van der Waals surface area (Å²) in [4.78, 5) is 9.27. The van der Waals surface area contributed by atoms with E-state index >= 15 is 0 Å². The van der Waals surface area contributed by atoms with Crippen molar-refractivity contribution in [2.24, 2.45) is 0 Å². The highest BCUT2D eigenvalue weighted by Crippen LogP contribution is 2.32. The second kappa shape index (κ2) is 3.67. The van der Waals surface area contributed by atoms with Gasteiger partial charge in [-0.3, -0.25) is 0 Å². The molecule has 0 aliphatic heterocycles. The number of rotatable bonds is 1. The molecule has 0 aromatic heterocycles. The lowest BCUT2D eigenvalue weighted by molar-refractivity contribution is -0.131. The normalized spacial score (nSPS) is 10.4. The summed E-state index contributed by atoms with van der Waals surface area (Å²) in [5.41, 5.74) is 2.85. The Hall–Kier alpha value is -1.64. The Kier molecular flexibility index (Phi) is 2.58. The summed E-state index contributed by atoms with van der Waals surface area (Å²) in [6.45, 7) is 0. The van der Waals surface area contributed by atoms with Gasteiger partial charge in [-0.15, -0.1) is 0 Å². The molecule has 0 saturated heterocycles. The minimum Gasteiger partial charge on any atom is -0.478 e. The molecule has 0 aromatic rings. The van der Waals surface area contributed by atoms with Gasteiger partial charge in [0.25, 0.3) is 0 Å². The molecule has 2 aliphatic carbocycles. The van der Waals surface area contributed by atoms with Crippen LogP contribution < -0.4 is 0 Å². The van der Waals surface area contributed by atoms with Crippen LogP contribution in [-0.4, -0.2) is 11.1 Å². The average Bonchev–Trinajstić information content (AvgIpc) is 2.60. The predicted octanol–water partition coefficient (Wildman–Crippen LogP) is 2.22. The minimum atomic E-state index is -1.27. The number of carboxylic acids is 1. The molecule has 0 atom stereocenters. The number of carbonyl (C=O) groups is 1. The summed E-state index contributed by atoms with van der Waals surface area (Å²) >= 11 is 0. The molecule has 0 amide bonds. The van der Waals surface area contributed by atoms with Crippen molar-refractivity contribution in [2.45, 2.75) is 0 Å². The van der Waals surface area contributed by atoms with Crippen LogP contribution in [0, 0.1) is 0 Å². The van der Waals surface area contributed by atoms with Crippen molar-refractivity contribution in [1.29, 1.82) is 0 Å². The highest BCUT2D eigenvalue weighted by atomic mass is 19.1. The van der Waals surface area contributed by atoms with Crippen molar-refractivity contribution in [3.8, 4) is 11.1 Å². The number of fused-ring (bicyclic) bond motifs is 1. The molecule has 1 N–H and O–H groups in total. The smallest absolute Gasteiger partial charge is 0.330 e. The number of aliphatic carboxylic acids is 1. The molecule has 0 spiro atoms. The molecule has 0 radical (unpaired) electrons. The zero-order chi connectivity index (χ0) is 8.97. The van der Waals surface area contributed by atoms with E-state index in [4.69, 9.17) is 5.11 Å². The van der Waals surface area contributed by atoms with Crippen LogP contribution in [0.4, 0.5) is 4.39 Å². The SMILES string of the molecule is O=C(O)C=CF.c1cc2cc-2c1. The molecule has 2 rings (SSSR count). The average molecular weight is 166 g/mol. The summed E-state index contributed by atoms with van der Waals surface area (Å²) in [7, 11) is 0. The maximum absolute atomic E-state index is 10.7. The van der Waals surface area contributed by atoms with Crippen LogP contribution in [0.3, 0.4) is 0 Å². The van der Waals surface area contributed by atoms with Crippen LogP contribution >= 0.6 is 0 Å². The number of carboxylic acid groups (broad SMARTS) is 1. The Labute approximate surface area is 69.0 Å². The molecule has 0 aromatic carbocycles. The van der Waals surface area contributed by atoms with E-state index in [0.717, 1.165) is 0 Å². The second-order valence-electron chi connectivity index (χ2n) is 2.21. The first-order chi connectivity index (χ1) is 5.74. The molecule has 62 valence electrons. The van der Waals surface area contributed by atoms with Crippen LogP contribution in [0.1, 0.15) is 0 Å². The number of benzene rings is 1. The van der Waals surface area contributed by atoms with Gasteiger partial charge < -0.3 is 5.11 Å². The van der Waals surface area contributed by atoms with Gasteiger partial charge in [0, 0.05) is 0 Å². The fourth-order valence-corrected chi connectivity index (χ4v) is 0.729. The van der Waals surface area contributed by atoms with Crippen LogP contribution in [-0.2, 0) is 4.79 Å². The van der Waals surface area contributed by atoms with Crippen LogP contribution in [0.2, 0.25) is 0 Å². The molecule has 0 unspecified atom stereocenters. The Bertz CT molecular complexity index is 301. The number of halogens is 1. The first-order valence-corrected chi connectivity index (χ1v) is 3.34. The zero-order valence-corrected chi connectivity index (χ0v) is 6.20. The highest BCUT2D eigenvalue weighted by molar-refractivity contribution is 5.80. The van der Waals surface area contributed by atoms with Crippen molar-refractivity contribution >= 4 is 5.97 Å². The first-order valence-electron chi connectivity index (χ1n) is 3.34. The quantitative estimate of drug-likeness (QED) is 0.659. The first kappa shape index (κ1) is 8.46. The zero-order valence-electron chi connectivity index (χ0n) is 6.20. The van der Waals surface area contributed by atoms with Crippen LogP contribution in [0.5, 0.6) is 0 Å². The van der Waals surface area contributed by atoms with E-state index in [1.807, 2.05) is 0 Å². The second-order valence-corrected chi connectivity index (χ2v) is 2.21. The van der Waals surface area contributed by atoms with Crippen molar-refractivity contribution in [3.05, 3.63) is 36.7 Å². The third-order valence-corrected chi connectivity index (χ3v) is 1.32. The monoisotopic (exact) mass is 166 g/mol. The molecule has 0 saturated carbocycles. The third-order valence-electron chi connectivity index (χ3n) is 1.32. The Morgan fingerprint density at radius 2 is 2.00 bits per heavy atom. The molecular formula is C9H7FO2. The molecule has 2 aliphatic rings. The Balaban J connectivity index is 0.000000120. The van der Waals surface area contributed by atoms with Gasteiger partial charge >= 0.3 is 5.97 Å². The maximum atomic E-state index is 10.7. The summed E-state index contributed by atoms with van der Waals surface area (Å²) in [5, 5.41) is 7.59. The van der Waals surface area contributed by atoms with Gasteiger partial charge in [-0.2, -0.15) is 0 Å². The summed E-state index contributed by atoms with van der Waals surface area (Å²) < 4.78 is 10.7. The number of hydrogen-bond donors (Lipinski definition) is 1. The molecule has 0 heterocycles. The van der Waals surface area contributed by atoms with Gasteiger partial charge in [-0.1, -0.05) is 18.2 Å². The summed E-state index contributed by atoms with van der Waals surface area (Å²) in [5.74, 6) is -1.27. The van der Waals surface area contributed by atoms with Gasteiger partial charge in [0.1, 0.15) is 0 Å². The topological polar surface area (TPSA) is 37.3 Å². The van der Waals surface area contributed by atoms with E-state index in [-0.39, 0.29) is 6.33 Å². The minimum absolute atomic E-state index is 0.0255. The predicted molar refractivity (Wildman–Crippen MR) is 43.3 cm³/mol. The van der Waals surface area contributed by atoms with E-state index in [1.54, 1.807) is 0 Å². The highest BCUT2D eigenvalue weighted by Gasteiger charge is 2.06. The van der Waals surface area contributed by atoms with E-state index in [9.17, 15) is 9.18 Å². The third kappa shape index (κ3) is 2.54. The lowest BCUT2D eigenvalue weighted by Crippen LogP contribution is -1.83. The molecular weight excluding hydrogens is 159 g/mol. The van der Waals surface area contributed by atoms with Crippen LogP contribution in [0.25, 0.3) is 11.1 Å². The van der Waals surface area contributed by atoms with Crippen molar-refractivity contribution in [3.63, 3.8) is 0 Å².